The third-order valence-electron chi connectivity index (χ3n) is 4.84. The number of ether oxygens (including phenoxy) is 2. The summed E-state index contributed by atoms with van der Waals surface area (Å²) in [6, 6.07) is 14.3. The standard InChI is InChI=1S/2C12H16O3.Zn/c2*1-4-15-10-7-5-9(6-8-10)12(2,3)11(13)14;/h2*5-8H,4H2,1-3H3,(H,13,14);. The van der Waals surface area contributed by atoms with Gasteiger partial charge in [0.25, 0.3) is 0 Å². The van der Waals surface area contributed by atoms with Crippen LogP contribution in [0.25, 0.3) is 0 Å². The second-order valence-corrected chi connectivity index (χ2v) is 7.78. The summed E-state index contributed by atoms with van der Waals surface area (Å²) in [5.74, 6) is -0.122. The topological polar surface area (TPSA) is 93.1 Å². The van der Waals surface area contributed by atoms with Gasteiger partial charge in [-0.05, 0) is 76.9 Å². The van der Waals surface area contributed by atoms with Gasteiger partial charge in [0, 0.05) is 19.5 Å². The summed E-state index contributed by atoms with van der Waals surface area (Å²) >= 11 is 0. The zero-order valence-electron chi connectivity index (χ0n) is 19.3. The van der Waals surface area contributed by atoms with Crippen LogP contribution >= 0.6 is 0 Å². The Kier molecular flexibility index (Phi) is 11.5. The molecule has 0 aliphatic heterocycles. The van der Waals surface area contributed by atoms with Crippen molar-refractivity contribution in [2.24, 2.45) is 0 Å². The van der Waals surface area contributed by atoms with Crippen molar-refractivity contribution in [3.05, 3.63) is 59.7 Å². The maximum Gasteiger partial charge on any atom is 0.313 e. The van der Waals surface area contributed by atoms with E-state index in [4.69, 9.17) is 19.7 Å². The molecular weight excluding hydrogens is 450 g/mol. The molecule has 0 aliphatic rings. The summed E-state index contributed by atoms with van der Waals surface area (Å²) < 4.78 is 10.6. The molecule has 0 aliphatic carbocycles. The molecular formula is C24H32O6Zn. The Balaban J connectivity index is 0.000000562. The number of hydrogen-bond acceptors (Lipinski definition) is 4. The van der Waals surface area contributed by atoms with Crippen LogP contribution in [0.2, 0.25) is 0 Å². The van der Waals surface area contributed by atoms with Crippen LogP contribution in [0.4, 0.5) is 0 Å². The van der Waals surface area contributed by atoms with Gasteiger partial charge in [-0.1, -0.05) is 24.3 Å². The van der Waals surface area contributed by atoms with Crippen molar-refractivity contribution in [2.75, 3.05) is 13.2 Å². The van der Waals surface area contributed by atoms with Crippen LogP contribution in [-0.4, -0.2) is 35.4 Å². The molecule has 0 saturated carbocycles. The van der Waals surface area contributed by atoms with E-state index in [1.807, 2.05) is 13.8 Å². The van der Waals surface area contributed by atoms with Crippen LogP contribution in [0.15, 0.2) is 48.5 Å². The van der Waals surface area contributed by atoms with Crippen LogP contribution < -0.4 is 9.47 Å². The first-order valence-corrected chi connectivity index (χ1v) is 9.90. The monoisotopic (exact) mass is 480 g/mol. The molecule has 2 rings (SSSR count). The molecule has 0 fully saturated rings. The fourth-order valence-corrected chi connectivity index (χ4v) is 2.52. The summed E-state index contributed by atoms with van der Waals surface area (Å²) in [6.45, 7) is 11.8. The third kappa shape index (κ3) is 7.99. The summed E-state index contributed by atoms with van der Waals surface area (Å²) in [7, 11) is 0. The molecule has 0 amide bonds. The molecule has 0 bridgehead atoms. The van der Waals surface area contributed by atoms with Gasteiger partial charge in [-0.25, -0.2) is 0 Å². The molecule has 0 heterocycles. The fraction of sp³-hybridized carbons (Fsp3) is 0.417. The van der Waals surface area contributed by atoms with E-state index in [2.05, 4.69) is 0 Å². The summed E-state index contributed by atoms with van der Waals surface area (Å²) in [5.41, 5.74) is -0.160. The zero-order valence-corrected chi connectivity index (χ0v) is 22.2. The van der Waals surface area contributed by atoms with E-state index in [0.717, 1.165) is 22.6 Å². The van der Waals surface area contributed by atoms with Crippen molar-refractivity contribution >= 4 is 11.9 Å². The number of hydrogen-bond donors (Lipinski definition) is 2. The van der Waals surface area contributed by atoms with Crippen LogP contribution in [0.5, 0.6) is 11.5 Å². The first-order chi connectivity index (χ1) is 14.0. The Labute approximate surface area is 197 Å². The quantitative estimate of drug-likeness (QED) is 0.521. The van der Waals surface area contributed by atoms with Gasteiger partial charge in [0.05, 0.1) is 24.0 Å². The maximum atomic E-state index is 11.0. The van der Waals surface area contributed by atoms with Gasteiger partial charge >= 0.3 is 11.9 Å². The molecule has 0 spiro atoms. The molecule has 2 N–H and O–H groups in total. The van der Waals surface area contributed by atoms with Crippen LogP contribution in [0.1, 0.15) is 52.7 Å². The van der Waals surface area contributed by atoms with Gasteiger partial charge in [0.15, 0.2) is 0 Å². The predicted octanol–water partition coefficient (Wildman–Crippen LogP) is 4.89. The van der Waals surface area contributed by atoms with E-state index >= 15 is 0 Å². The Morgan fingerprint density at radius 1 is 0.677 bits per heavy atom. The van der Waals surface area contributed by atoms with Crippen molar-refractivity contribution in [3.63, 3.8) is 0 Å². The Morgan fingerprint density at radius 2 is 0.935 bits per heavy atom. The Hall–Kier alpha value is -2.40. The normalized spacial score (nSPS) is 10.8. The van der Waals surface area contributed by atoms with Crippen molar-refractivity contribution in [1.82, 2.24) is 0 Å². The molecule has 2 aromatic rings. The third-order valence-corrected chi connectivity index (χ3v) is 4.84. The summed E-state index contributed by atoms with van der Waals surface area (Å²) in [5, 5.41) is 18.1. The fourth-order valence-electron chi connectivity index (χ4n) is 2.52. The number of aliphatic carboxylic acids is 2. The predicted molar refractivity (Wildman–Crippen MR) is 117 cm³/mol. The molecule has 0 atom stereocenters. The number of rotatable bonds is 8. The van der Waals surface area contributed by atoms with Crippen molar-refractivity contribution in [2.45, 2.75) is 52.4 Å². The van der Waals surface area contributed by atoms with Crippen LogP contribution in [0, 0.1) is 0 Å². The molecule has 2 aromatic carbocycles. The summed E-state index contributed by atoms with van der Waals surface area (Å²) in [6.07, 6.45) is 0. The van der Waals surface area contributed by atoms with E-state index in [1.54, 1.807) is 76.2 Å². The number of carbonyl (C=O) groups is 2. The molecule has 0 saturated heterocycles. The average molecular weight is 482 g/mol. The second-order valence-electron chi connectivity index (χ2n) is 7.78. The molecule has 6 nitrogen and oxygen atoms in total. The summed E-state index contributed by atoms with van der Waals surface area (Å²) in [4.78, 5) is 22.0. The molecule has 0 radical (unpaired) electrons. The van der Waals surface area contributed by atoms with E-state index in [1.165, 1.54) is 0 Å². The minimum Gasteiger partial charge on any atom is -0.494 e. The smallest absolute Gasteiger partial charge is 0.313 e. The van der Waals surface area contributed by atoms with E-state index in [9.17, 15) is 9.59 Å². The van der Waals surface area contributed by atoms with Gasteiger partial charge in [-0.2, -0.15) is 0 Å². The molecule has 31 heavy (non-hydrogen) atoms. The number of carboxylic acids is 2. The van der Waals surface area contributed by atoms with Gasteiger partial charge in [0.1, 0.15) is 11.5 Å². The number of carboxylic acid groups (broad SMARTS) is 2. The number of benzene rings is 2. The molecule has 0 unspecified atom stereocenters. The van der Waals surface area contributed by atoms with Gasteiger partial charge in [-0.3, -0.25) is 9.59 Å². The molecule has 7 heteroatoms. The second kappa shape index (κ2) is 12.5. The van der Waals surface area contributed by atoms with Gasteiger partial charge < -0.3 is 19.7 Å². The van der Waals surface area contributed by atoms with Crippen molar-refractivity contribution < 1.29 is 48.8 Å². The maximum absolute atomic E-state index is 11.0. The Morgan fingerprint density at radius 3 is 1.13 bits per heavy atom. The van der Waals surface area contributed by atoms with Crippen molar-refractivity contribution in [3.8, 4) is 11.5 Å². The van der Waals surface area contributed by atoms with E-state index in [-0.39, 0.29) is 19.5 Å². The minimum absolute atomic E-state index is 0. The average Bonchev–Trinajstić information content (AvgIpc) is 2.69. The SMILES string of the molecule is CCOc1ccc(C(C)(C)C(=O)O)cc1.CCOc1ccc(C(C)(C)C(=O)O)cc1.[Zn]. The van der Waals surface area contributed by atoms with Crippen LogP contribution in [0.3, 0.4) is 0 Å². The minimum atomic E-state index is -0.856. The zero-order chi connectivity index (χ0) is 22.9. The first-order valence-electron chi connectivity index (χ1n) is 9.90. The van der Waals surface area contributed by atoms with Gasteiger partial charge in [-0.15, -0.1) is 0 Å². The van der Waals surface area contributed by atoms with E-state index < -0.39 is 22.8 Å². The Bertz CT molecular complexity index is 755. The molecule has 0 aromatic heterocycles. The van der Waals surface area contributed by atoms with Crippen LogP contribution in [-0.2, 0) is 39.9 Å². The van der Waals surface area contributed by atoms with E-state index in [0.29, 0.717) is 13.2 Å². The first kappa shape index (κ1) is 28.6. The molecule has 166 valence electrons. The largest absolute Gasteiger partial charge is 0.494 e. The van der Waals surface area contributed by atoms with Gasteiger partial charge in [0.2, 0.25) is 0 Å². The van der Waals surface area contributed by atoms with Crippen molar-refractivity contribution in [1.29, 1.82) is 0 Å².